The largest absolute Gasteiger partial charge is 0.492 e. The number of amides is 2. The van der Waals surface area contributed by atoms with Gasteiger partial charge in [-0.05, 0) is 43.5 Å². The third kappa shape index (κ3) is 4.60. The fourth-order valence-electron chi connectivity index (χ4n) is 2.35. The van der Waals surface area contributed by atoms with E-state index >= 15 is 0 Å². The number of aryl methyl sites for hydroxylation is 1. The number of hydrogen-bond donors (Lipinski definition) is 2. The molecule has 0 unspecified atom stereocenters. The molecule has 1 aromatic carbocycles. The second kappa shape index (κ2) is 7.39. The first-order valence-electron chi connectivity index (χ1n) is 7.08. The van der Waals surface area contributed by atoms with Crippen LogP contribution in [0.3, 0.4) is 0 Å². The molecule has 0 heterocycles. The average Bonchev–Trinajstić information content (AvgIpc) is 2.91. The number of nitrogens with one attached hydrogen (secondary N) is 2. The zero-order valence-corrected chi connectivity index (χ0v) is 12.5. The highest BCUT2D eigenvalue weighted by atomic mass is 35.5. The molecule has 0 spiro atoms. The van der Waals surface area contributed by atoms with Crippen molar-refractivity contribution in [3.05, 3.63) is 28.8 Å². The predicted molar refractivity (Wildman–Crippen MR) is 80.5 cm³/mol. The van der Waals surface area contributed by atoms with Crippen molar-refractivity contribution in [2.45, 2.75) is 38.6 Å². The highest BCUT2D eigenvalue weighted by Gasteiger charge is 2.16. The number of benzene rings is 1. The van der Waals surface area contributed by atoms with Crippen LogP contribution in [0.15, 0.2) is 18.2 Å². The molecule has 1 aromatic rings. The monoisotopic (exact) mass is 296 g/mol. The topological polar surface area (TPSA) is 50.4 Å². The van der Waals surface area contributed by atoms with Gasteiger partial charge in [0.25, 0.3) is 0 Å². The molecule has 1 aliphatic rings. The van der Waals surface area contributed by atoms with Gasteiger partial charge in [0, 0.05) is 11.1 Å². The standard InChI is InChI=1S/C15H21ClN2O2/c1-11-10-13(6-7-14(11)16)20-9-8-17-15(19)18-12-4-2-3-5-12/h6-7,10,12H,2-5,8-9H2,1H3,(H2,17,18,19). The van der Waals surface area contributed by atoms with Gasteiger partial charge in [0.1, 0.15) is 12.4 Å². The van der Waals surface area contributed by atoms with Gasteiger partial charge in [-0.1, -0.05) is 24.4 Å². The number of halogens is 1. The third-order valence-electron chi connectivity index (χ3n) is 3.48. The van der Waals surface area contributed by atoms with Crippen molar-refractivity contribution in [2.75, 3.05) is 13.2 Å². The highest BCUT2D eigenvalue weighted by molar-refractivity contribution is 6.31. The zero-order valence-electron chi connectivity index (χ0n) is 11.7. The molecular weight excluding hydrogens is 276 g/mol. The Morgan fingerprint density at radius 1 is 1.40 bits per heavy atom. The smallest absolute Gasteiger partial charge is 0.315 e. The minimum atomic E-state index is -0.104. The molecule has 2 amide bonds. The maximum atomic E-state index is 11.6. The predicted octanol–water partition coefficient (Wildman–Crippen LogP) is 3.27. The summed E-state index contributed by atoms with van der Waals surface area (Å²) in [4.78, 5) is 11.6. The summed E-state index contributed by atoms with van der Waals surface area (Å²) in [6.45, 7) is 2.86. The first-order valence-corrected chi connectivity index (χ1v) is 7.46. The van der Waals surface area contributed by atoms with E-state index in [4.69, 9.17) is 16.3 Å². The maximum absolute atomic E-state index is 11.6. The van der Waals surface area contributed by atoms with Gasteiger partial charge in [0.05, 0.1) is 6.54 Å². The van der Waals surface area contributed by atoms with Crippen molar-refractivity contribution in [2.24, 2.45) is 0 Å². The number of hydrogen-bond acceptors (Lipinski definition) is 2. The summed E-state index contributed by atoms with van der Waals surface area (Å²) in [5, 5.41) is 6.50. The second-order valence-corrected chi connectivity index (χ2v) is 5.55. The lowest BCUT2D eigenvalue weighted by Gasteiger charge is -2.13. The molecular formula is C15H21ClN2O2. The molecule has 0 aromatic heterocycles. The molecule has 1 fully saturated rings. The van der Waals surface area contributed by atoms with Gasteiger partial charge in [-0.3, -0.25) is 0 Å². The van der Waals surface area contributed by atoms with E-state index in [2.05, 4.69) is 10.6 Å². The third-order valence-corrected chi connectivity index (χ3v) is 3.90. The van der Waals surface area contributed by atoms with E-state index in [1.54, 1.807) is 0 Å². The van der Waals surface area contributed by atoms with Crippen molar-refractivity contribution >= 4 is 17.6 Å². The summed E-state index contributed by atoms with van der Waals surface area (Å²) in [5.41, 5.74) is 0.983. The van der Waals surface area contributed by atoms with E-state index in [0.29, 0.717) is 19.2 Å². The van der Waals surface area contributed by atoms with Crippen LogP contribution in [0.4, 0.5) is 4.79 Å². The van der Waals surface area contributed by atoms with Gasteiger partial charge in [-0.2, -0.15) is 0 Å². The van der Waals surface area contributed by atoms with Gasteiger partial charge in [-0.15, -0.1) is 0 Å². The molecule has 2 N–H and O–H groups in total. The maximum Gasteiger partial charge on any atom is 0.315 e. The Morgan fingerprint density at radius 3 is 2.85 bits per heavy atom. The normalized spacial score (nSPS) is 15.1. The van der Waals surface area contributed by atoms with Gasteiger partial charge in [-0.25, -0.2) is 4.79 Å². The Hall–Kier alpha value is -1.42. The van der Waals surface area contributed by atoms with Gasteiger partial charge >= 0.3 is 6.03 Å². The van der Waals surface area contributed by atoms with Crippen molar-refractivity contribution < 1.29 is 9.53 Å². The summed E-state index contributed by atoms with van der Waals surface area (Å²) in [6.07, 6.45) is 4.61. The van der Waals surface area contributed by atoms with Crippen LogP contribution in [-0.2, 0) is 0 Å². The van der Waals surface area contributed by atoms with Crippen molar-refractivity contribution in [3.63, 3.8) is 0 Å². The molecule has 1 saturated carbocycles. The molecule has 0 radical (unpaired) electrons. The lowest BCUT2D eigenvalue weighted by atomic mass is 10.2. The van der Waals surface area contributed by atoms with Gasteiger partial charge < -0.3 is 15.4 Å². The Balaban J connectivity index is 1.63. The van der Waals surface area contributed by atoms with Crippen LogP contribution in [0, 0.1) is 6.92 Å². The molecule has 2 rings (SSSR count). The molecule has 0 saturated heterocycles. The van der Waals surface area contributed by atoms with E-state index in [9.17, 15) is 4.79 Å². The number of ether oxygens (including phenoxy) is 1. The summed E-state index contributed by atoms with van der Waals surface area (Å²) >= 11 is 5.94. The van der Waals surface area contributed by atoms with E-state index in [0.717, 1.165) is 29.2 Å². The molecule has 5 heteroatoms. The lowest BCUT2D eigenvalue weighted by Crippen LogP contribution is -2.42. The quantitative estimate of drug-likeness (QED) is 0.819. The minimum absolute atomic E-state index is 0.104. The van der Waals surface area contributed by atoms with Crippen LogP contribution >= 0.6 is 11.6 Å². The highest BCUT2D eigenvalue weighted by Crippen LogP contribution is 2.20. The van der Waals surface area contributed by atoms with E-state index in [1.807, 2.05) is 25.1 Å². The lowest BCUT2D eigenvalue weighted by molar-refractivity contribution is 0.233. The molecule has 0 bridgehead atoms. The fourth-order valence-corrected chi connectivity index (χ4v) is 2.46. The van der Waals surface area contributed by atoms with Crippen LogP contribution in [-0.4, -0.2) is 25.2 Å². The summed E-state index contributed by atoms with van der Waals surface area (Å²) in [5.74, 6) is 0.768. The van der Waals surface area contributed by atoms with Crippen molar-refractivity contribution in [1.29, 1.82) is 0 Å². The molecule has 0 atom stereocenters. The van der Waals surface area contributed by atoms with E-state index < -0.39 is 0 Å². The minimum Gasteiger partial charge on any atom is -0.492 e. The summed E-state index contributed by atoms with van der Waals surface area (Å²) < 4.78 is 5.56. The van der Waals surface area contributed by atoms with Crippen LogP contribution in [0.5, 0.6) is 5.75 Å². The van der Waals surface area contributed by atoms with Crippen molar-refractivity contribution in [1.82, 2.24) is 10.6 Å². The molecule has 20 heavy (non-hydrogen) atoms. The Bertz CT molecular complexity index is 459. The first-order chi connectivity index (χ1) is 9.65. The van der Waals surface area contributed by atoms with Crippen molar-refractivity contribution in [3.8, 4) is 5.75 Å². The van der Waals surface area contributed by atoms with Gasteiger partial charge in [0.2, 0.25) is 0 Å². The Kier molecular flexibility index (Phi) is 5.53. The number of urea groups is 1. The summed E-state index contributed by atoms with van der Waals surface area (Å²) in [7, 11) is 0. The molecule has 110 valence electrons. The molecule has 1 aliphatic carbocycles. The summed E-state index contributed by atoms with van der Waals surface area (Å²) in [6, 6.07) is 5.77. The average molecular weight is 297 g/mol. The van der Waals surface area contributed by atoms with E-state index in [1.165, 1.54) is 12.8 Å². The Morgan fingerprint density at radius 2 is 2.15 bits per heavy atom. The first kappa shape index (κ1) is 15.0. The number of carbonyl (C=O) groups is 1. The number of rotatable bonds is 5. The molecule has 4 nitrogen and oxygen atoms in total. The number of carbonyl (C=O) groups excluding carboxylic acids is 1. The fraction of sp³-hybridized carbons (Fsp3) is 0.533. The Labute approximate surface area is 124 Å². The van der Waals surface area contributed by atoms with Crippen LogP contribution < -0.4 is 15.4 Å². The SMILES string of the molecule is Cc1cc(OCCNC(=O)NC2CCCC2)ccc1Cl. The van der Waals surface area contributed by atoms with Crippen LogP contribution in [0.25, 0.3) is 0 Å². The van der Waals surface area contributed by atoms with Crippen LogP contribution in [0.2, 0.25) is 5.02 Å². The van der Waals surface area contributed by atoms with Crippen LogP contribution in [0.1, 0.15) is 31.2 Å². The molecule has 0 aliphatic heterocycles. The second-order valence-electron chi connectivity index (χ2n) is 5.14. The zero-order chi connectivity index (χ0) is 14.4. The van der Waals surface area contributed by atoms with Gasteiger partial charge in [0.15, 0.2) is 0 Å². The van der Waals surface area contributed by atoms with E-state index in [-0.39, 0.29) is 6.03 Å².